The van der Waals surface area contributed by atoms with Crippen molar-refractivity contribution >= 4 is 17.5 Å². The predicted octanol–water partition coefficient (Wildman–Crippen LogP) is 2.85. The average molecular weight is 256 g/mol. The van der Waals surface area contributed by atoms with Crippen LogP contribution in [0.25, 0.3) is 11.3 Å². The number of aromatic amines is 1. The van der Waals surface area contributed by atoms with Crippen LogP contribution in [0.15, 0.2) is 18.2 Å². The van der Waals surface area contributed by atoms with Gasteiger partial charge in [0.2, 0.25) is 0 Å². The topological polar surface area (TPSA) is 63.9 Å². The summed E-state index contributed by atoms with van der Waals surface area (Å²) in [4.78, 5) is 6.62. The average Bonchev–Trinajstić information content (AvgIpc) is 2.61. The first kappa shape index (κ1) is 11.7. The fraction of sp³-hybridized carbons (Fsp3) is 0.182. The molecule has 2 rings (SSSR count). The number of hydrogen-bond donors (Lipinski definition) is 2. The monoisotopic (exact) mass is 255 g/mol. The summed E-state index contributed by atoms with van der Waals surface area (Å²) in [5.41, 5.74) is 6.43. The van der Waals surface area contributed by atoms with E-state index in [1.165, 1.54) is 12.1 Å². The van der Waals surface area contributed by atoms with Gasteiger partial charge >= 0.3 is 0 Å². The number of hydrogen-bond acceptors (Lipinski definition) is 3. The number of H-pyrrole nitrogens is 1. The molecule has 1 heterocycles. The summed E-state index contributed by atoms with van der Waals surface area (Å²) in [6.45, 7) is 2.20. The van der Waals surface area contributed by atoms with Crippen molar-refractivity contribution in [2.24, 2.45) is 0 Å². The van der Waals surface area contributed by atoms with Crippen LogP contribution in [-0.2, 0) is 0 Å². The zero-order valence-electron chi connectivity index (χ0n) is 9.13. The van der Waals surface area contributed by atoms with Crippen LogP contribution < -0.4 is 10.5 Å². The molecule has 0 aliphatic rings. The Morgan fingerprint density at radius 2 is 2.29 bits per heavy atom. The number of nitrogens with one attached hydrogen (secondary N) is 1. The third-order valence-electron chi connectivity index (χ3n) is 2.18. The van der Waals surface area contributed by atoms with Crippen LogP contribution in [0.3, 0.4) is 0 Å². The molecule has 0 bridgehead atoms. The lowest BCUT2D eigenvalue weighted by atomic mass is 10.1. The minimum atomic E-state index is -0.456. The summed E-state index contributed by atoms with van der Waals surface area (Å²) in [5.74, 6) is -0.0582. The summed E-state index contributed by atoms with van der Waals surface area (Å²) in [6, 6.07) is 4.53. The van der Waals surface area contributed by atoms with E-state index in [4.69, 9.17) is 22.1 Å². The minimum Gasteiger partial charge on any atom is -0.491 e. The zero-order chi connectivity index (χ0) is 12.4. The third kappa shape index (κ3) is 2.34. The molecule has 90 valence electrons. The van der Waals surface area contributed by atoms with Crippen LogP contribution in [-0.4, -0.2) is 16.6 Å². The maximum absolute atomic E-state index is 13.6. The fourth-order valence-corrected chi connectivity index (χ4v) is 1.73. The third-order valence-corrected chi connectivity index (χ3v) is 2.46. The molecule has 17 heavy (non-hydrogen) atoms. The summed E-state index contributed by atoms with van der Waals surface area (Å²) in [7, 11) is 0. The van der Waals surface area contributed by atoms with E-state index in [1.54, 1.807) is 13.0 Å². The van der Waals surface area contributed by atoms with Gasteiger partial charge in [-0.15, -0.1) is 0 Å². The highest BCUT2D eigenvalue weighted by Crippen LogP contribution is 2.29. The van der Waals surface area contributed by atoms with Gasteiger partial charge in [0, 0.05) is 5.56 Å². The molecular weight excluding hydrogens is 245 g/mol. The number of benzene rings is 1. The Hall–Kier alpha value is -1.75. The highest BCUT2D eigenvalue weighted by atomic mass is 35.5. The number of nitrogens with two attached hydrogens (primary N) is 1. The van der Waals surface area contributed by atoms with Crippen LogP contribution in [0, 0.1) is 5.82 Å². The van der Waals surface area contributed by atoms with Crippen molar-refractivity contribution in [3.63, 3.8) is 0 Å². The van der Waals surface area contributed by atoms with Gasteiger partial charge < -0.3 is 15.5 Å². The molecule has 0 spiro atoms. The number of imidazole rings is 1. The second-order valence-corrected chi connectivity index (χ2v) is 3.74. The van der Waals surface area contributed by atoms with Crippen LogP contribution in [0.1, 0.15) is 6.92 Å². The lowest BCUT2D eigenvalue weighted by Crippen LogP contribution is -1.94. The first-order chi connectivity index (χ1) is 8.11. The van der Waals surface area contributed by atoms with Crippen molar-refractivity contribution in [3.8, 4) is 17.0 Å². The Bertz CT molecular complexity index is 542. The van der Waals surface area contributed by atoms with Crippen LogP contribution in [0.4, 0.5) is 10.3 Å². The number of nitrogens with zero attached hydrogens (tertiary/aromatic N) is 1. The molecule has 3 N–H and O–H groups in total. The fourth-order valence-electron chi connectivity index (χ4n) is 1.48. The Labute approximate surface area is 103 Å². The summed E-state index contributed by atoms with van der Waals surface area (Å²) in [6.07, 6.45) is 0. The Morgan fingerprint density at radius 1 is 1.53 bits per heavy atom. The number of halogens is 2. The second-order valence-electron chi connectivity index (χ2n) is 3.36. The molecule has 0 unspecified atom stereocenters. The Morgan fingerprint density at radius 3 is 2.82 bits per heavy atom. The number of nitrogen functional groups attached to an aromatic ring is 1. The van der Waals surface area contributed by atoms with Gasteiger partial charge in [-0.2, -0.15) is 0 Å². The number of rotatable bonds is 3. The van der Waals surface area contributed by atoms with Crippen molar-refractivity contribution in [1.82, 2.24) is 9.97 Å². The lowest BCUT2D eigenvalue weighted by Gasteiger charge is -2.05. The molecule has 2 aromatic rings. The van der Waals surface area contributed by atoms with Crippen molar-refractivity contribution in [2.75, 3.05) is 12.3 Å². The van der Waals surface area contributed by atoms with Crippen molar-refractivity contribution in [1.29, 1.82) is 0 Å². The standard InChI is InChI=1S/C11H11ClFN3O/c1-2-17-8-4-3-6(5-7(8)13)9-10(12)16-11(14)15-9/h3-5H,2H2,1H3,(H3,14,15,16). The molecule has 4 nitrogen and oxygen atoms in total. The van der Waals surface area contributed by atoms with Gasteiger partial charge in [-0.3, -0.25) is 0 Å². The van der Waals surface area contributed by atoms with Gasteiger partial charge in [-0.25, -0.2) is 9.37 Å². The maximum Gasteiger partial charge on any atom is 0.199 e. The highest BCUT2D eigenvalue weighted by molar-refractivity contribution is 6.32. The molecule has 0 saturated heterocycles. The first-order valence-electron chi connectivity index (χ1n) is 5.05. The van der Waals surface area contributed by atoms with Crippen LogP contribution >= 0.6 is 11.6 Å². The van der Waals surface area contributed by atoms with Crippen molar-refractivity contribution < 1.29 is 9.13 Å². The van der Waals surface area contributed by atoms with Gasteiger partial charge in [0.25, 0.3) is 0 Å². The van der Waals surface area contributed by atoms with Crippen molar-refractivity contribution in [3.05, 3.63) is 29.2 Å². The second kappa shape index (κ2) is 4.63. The molecule has 0 amide bonds. The largest absolute Gasteiger partial charge is 0.491 e. The highest BCUT2D eigenvalue weighted by Gasteiger charge is 2.12. The van der Waals surface area contributed by atoms with Crippen LogP contribution in [0.2, 0.25) is 5.15 Å². The van der Waals surface area contributed by atoms with Gasteiger partial charge in [0.1, 0.15) is 10.8 Å². The Balaban J connectivity index is 2.41. The summed E-state index contributed by atoms with van der Waals surface area (Å²) >= 11 is 5.88. The van der Waals surface area contributed by atoms with Crippen molar-refractivity contribution in [2.45, 2.75) is 6.92 Å². The van der Waals surface area contributed by atoms with E-state index in [2.05, 4.69) is 9.97 Å². The summed E-state index contributed by atoms with van der Waals surface area (Å²) in [5, 5.41) is 0.283. The van der Waals surface area contributed by atoms with E-state index in [1.807, 2.05) is 0 Å². The van der Waals surface area contributed by atoms with E-state index in [0.717, 1.165) is 0 Å². The van der Waals surface area contributed by atoms with Gasteiger partial charge in [-0.05, 0) is 25.1 Å². The molecule has 1 aromatic heterocycles. The Kier molecular flexibility index (Phi) is 3.19. The van der Waals surface area contributed by atoms with Gasteiger partial charge in [0.05, 0.1) is 6.61 Å². The number of anilines is 1. The van der Waals surface area contributed by atoms with E-state index >= 15 is 0 Å². The van der Waals surface area contributed by atoms with E-state index in [0.29, 0.717) is 17.9 Å². The van der Waals surface area contributed by atoms with E-state index < -0.39 is 5.82 Å². The maximum atomic E-state index is 13.6. The molecule has 0 atom stereocenters. The molecular formula is C11H11ClFN3O. The molecule has 0 saturated carbocycles. The van der Waals surface area contributed by atoms with Gasteiger partial charge in [0.15, 0.2) is 17.5 Å². The number of ether oxygens (including phenoxy) is 1. The molecule has 1 aromatic carbocycles. The molecule has 0 radical (unpaired) electrons. The van der Waals surface area contributed by atoms with E-state index in [9.17, 15) is 4.39 Å². The molecule has 0 aliphatic heterocycles. The quantitative estimate of drug-likeness (QED) is 0.886. The smallest absolute Gasteiger partial charge is 0.199 e. The predicted molar refractivity (Wildman–Crippen MR) is 64.6 cm³/mol. The molecule has 0 aliphatic carbocycles. The molecule has 6 heteroatoms. The molecule has 0 fully saturated rings. The number of aromatic nitrogens is 2. The first-order valence-corrected chi connectivity index (χ1v) is 5.43. The van der Waals surface area contributed by atoms with E-state index in [-0.39, 0.29) is 16.9 Å². The summed E-state index contributed by atoms with van der Waals surface area (Å²) < 4.78 is 18.7. The minimum absolute atomic E-state index is 0.194. The zero-order valence-corrected chi connectivity index (χ0v) is 9.88. The SMILES string of the molecule is CCOc1ccc(-c2nc(N)[nH]c2Cl)cc1F. The normalized spacial score (nSPS) is 10.5. The van der Waals surface area contributed by atoms with Crippen LogP contribution in [0.5, 0.6) is 5.75 Å². The lowest BCUT2D eigenvalue weighted by molar-refractivity contribution is 0.321. The van der Waals surface area contributed by atoms with Gasteiger partial charge in [-0.1, -0.05) is 11.6 Å².